The highest BCUT2D eigenvalue weighted by Crippen LogP contribution is 2.26. The van der Waals surface area contributed by atoms with Crippen LogP contribution in [0.3, 0.4) is 0 Å². The number of hydrogen-bond acceptors (Lipinski definition) is 4. The van der Waals surface area contributed by atoms with Gasteiger partial charge in [0, 0.05) is 32.5 Å². The summed E-state index contributed by atoms with van der Waals surface area (Å²) in [7, 11) is -1.84. The van der Waals surface area contributed by atoms with Gasteiger partial charge in [0.15, 0.2) is 0 Å². The fourth-order valence-electron chi connectivity index (χ4n) is 3.54. The van der Waals surface area contributed by atoms with Gasteiger partial charge in [0.1, 0.15) is 5.69 Å². The van der Waals surface area contributed by atoms with Gasteiger partial charge in [0.25, 0.3) is 5.91 Å². The van der Waals surface area contributed by atoms with Crippen LogP contribution >= 0.6 is 0 Å². The van der Waals surface area contributed by atoms with Crippen LogP contribution < -0.4 is 5.32 Å². The topological polar surface area (TPSA) is 89.2 Å². The number of aromatic nitrogens is 3. The second-order valence-corrected chi connectivity index (χ2v) is 9.18. The van der Waals surface area contributed by atoms with Crippen molar-refractivity contribution < 1.29 is 13.2 Å². The Hall–Kier alpha value is -2.91. The zero-order chi connectivity index (χ0) is 20.6. The number of carbonyl (C=O) groups is 1. The molecule has 152 valence electrons. The van der Waals surface area contributed by atoms with Gasteiger partial charge >= 0.3 is 0 Å². The number of sulfonamides is 1. The minimum atomic E-state index is -3.65. The standard InChI is InChI=1S/C20H23N5O3S/c1-15-5-7-18(8-6-15)29(27,28)24-13-16-9-10-22-25(16)17(14-24)12-21-20(26)19-4-3-11-23(19)2/h3-11,17H,12-14H2,1-2H3,(H,21,26). The molecule has 0 saturated heterocycles. The van der Waals surface area contributed by atoms with Gasteiger partial charge < -0.3 is 9.88 Å². The predicted octanol–water partition coefficient (Wildman–Crippen LogP) is 1.71. The van der Waals surface area contributed by atoms with Crippen LogP contribution in [-0.4, -0.2) is 46.1 Å². The van der Waals surface area contributed by atoms with E-state index in [1.807, 2.05) is 13.0 Å². The Morgan fingerprint density at radius 1 is 1.21 bits per heavy atom. The third-order valence-electron chi connectivity index (χ3n) is 5.18. The first kappa shape index (κ1) is 19.4. The summed E-state index contributed by atoms with van der Waals surface area (Å²) in [6, 6.07) is 11.9. The largest absolute Gasteiger partial charge is 0.349 e. The number of hydrogen-bond donors (Lipinski definition) is 1. The zero-order valence-electron chi connectivity index (χ0n) is 16.3. The fraction of sp³-hybridized carbons (Fsp3) is 0.300. The smallest absolute Gasteiger partial charge is 0.267 e. The Balaban J connectivity index is 1.55. The van der Waals surface area contributed by atoms with Crippen LogP contribution in [0.2, 0.25) is 0 Å². The van der Waals surface area contributed by atoms with Crippen LogP contribution in [0.4, 0.5) is 0 Å². The molecule has 1 N–H and O–H groups in total. The van der Waals surface area contributed by atoms with E-state index in [0.717, 1.165) is 11.3 Å². The van der Waals surface area contributed by atoms with Gasteiger partial charge in [-0.3, -0.25) is 9.48 Å². The molecular weight excluding hydrogens is 390 g/mol. The number of aryl methyl sites for hydroxylation is 2. The molecule has 0 spiro atoms. The molecule has 1 unspecified atom stereocenters. The van der Waals surface area contributed by atoms with E-state index in [1.54, 1.807) is 65.1 Å². The molecule has 0 bridgehead atoms. The number of nitrogens with one attached hydrogen (secondary N) is 1. The second-order valence-electron chi connectivity index (χ2n) is 7.25. The average molecular weight is 414 g/mol. The van der Waals surface area contributed by atoms with Crippen molar-refractivity contribution in [1.82, 2.24) is 24.0 Å². The molecule has 29 heavy (non-hydrogen) atoms. The maximum Gasteiger partial charge on any atom is 0.267 e. The molecule has 9 heteroatoms. The molecule has 1 aliphatic heterocycles. The van der Waals surface area contributed by atoms with Gasteiger partial charge in [-0.15, -0.1) is 0 Å². The Labute approximate surface area is 169 Å². The van der Waals surface area contributed by atoms with Crippen molar-refractivity contribution in [3.8, 4) is 0 Å². The molecular formula is C20H23N5O3S. The lowest BCUT2D eigenvalue weighted by molar-refractivity contribution is 0.0934. The molecule has 0 aliphatic carbocycles. The van der Waals surface area contributed by atoms with Gasteiger partial charge in [-0.05, 0) is 37.3 Å². The molecule has 0 fully saturated rings. The van der Waals surface area contributed by atoms with Gasteiger partial charge in [-0.25, -0.2) is 8.42 Å². The zero-order valence-corrected chi connectivity index (χ0v) is 17.1. The van der Waals surface area contributed by atoms with Gasteiger partial charge in [-0.1, -0.05) is 17.7 Å². The van der Waals surface area contributed by atoms with Gasteiger partial charge in [-0.2, -0.15) is 9.40 Å². The highest BCUT2D eigenvalue weighted by molar-refractivity contribution is 7.89. The molecule has 8 nitrogen and oxygen atoms in total. The molecule has 1 aromatic carbocycles. The van der Waals surface area contributed by atoms with E-state index >= 15 is 0 Å². The summed E-state index contributed by atoms with van der Waals surface area (Å²) in [4.78, 5) is 12.7. The van der Waals surface area contributed by atoms with E-state index < -0.39 is 10.0 Å². The van der Waals surface area contributed by atoms with Crippen LogP contribution in [0.5, 0.6) is 0 Å². The van der Waals surface area contributed by atoms with E-state index in [0.29, 0.717) is 5.69 Å². The normalized spacial score (nSPS) is 17.1. The summed E-state index contributed by atoms with van der Waals surface area (Å²) in [5, 5.41) is 7.24. The van der Waals surface area contributed by atoms with Crippen molar-refractivity contribution in [1.29, 1.82) is 0 Å². The van der Waals surface area contributed by atoms with Gasteiger partial charge in [0.2, 0.25) is 10.0 Å². The molecule has 1 amide bonds. The number of benzene rings is 1. The van der Waals surface area contributed by atoms with Crippen LogP contribution in [-0.2, 0) is 23.6 Å². The van der Waals surface area contributed by atoms with Crippen molar-refractivity contribution in [3.63, 3.8) is 0 Å². The van der Waals surface area contributed by atoms with Crippen LogP contribution in [0.25, 0.3) is 0 Å². The molecule has 0 saturated carbocycles. The van der Waals surface area contributed by atoms with E-state index in [-0.39, 0.29) is 36.5 Å². The molecule has 0 radical (unpaired) electrons. The van der Waals surface area contributed by atoms with Crippen LogP contribution in [0, 0.1) is 6.92 Å². The second kappa shape index (κ2) is 7.49. The van der Waals surface area contributed by atoms with Crippen molar-refractivity contribution in [2.45, 2.75) is 24.4 Å². The lowest BCUT2D eigenvalue weighted by Gasteiger charge is -2.33. The van der Waals surface area contributed by atoms with E-state index in [4.69, 9.17) is 0 Å². The molecule has 1 atom stereocenters. The lowest BCUT2D eigenvalue weighted by Crippen LogP contribution is -2.45. The van der Waals surface area contributed by atoms with Crippen molar-refractivity contribution in [3.05, 3.63) is 71.8 Å². The number of fused-ring (bicyclic) bond motifs is 1. The van der Waals surface area contributed by atoms with E-state index in [1.165, 1.54) is 4.31 Å². The van der Waals surface area contributed by atoms with Crippen molar-refractivity contribution in [2.75, 3.05) is 13.1 Å². The minimum Gasteiger partial charge on any atom is -0.349 e. The molecule has 2 aromatic heterocycles. The highest BCUT2D eigenvalue weighted by atomic mass is 32.2. The third kappa shape index (κ3) is 3.70. The number of carbonyl (C=O) groups excluding carboxylic acids is 1. The summed E-state index contributed by atoms with van der Waals surface area (Å²) >= 11 is 0. The Morgan fingerprint density at radius 2 is 1.97 bits per heavy atom. The first-order valence-corrected chi connectivity index (χ1v) is 10.8. The summed E-state index contributed by atoms with van der Waals surface area (Å²) in [6.45, 7) is 2.68. The SMILES string of the molecule is Cc1ccc(S(=O)(=O)N2Cc3ccnn3C(CNC(=O)c3cccn3C)C2)cc1. The number of nitrogens with zero attached hydrogens (tertiary/aromatic N) is 4. The Bertz CT molecular complexity index is 1130. The van der Waals surface area contributed by atoms with Crippen molar-refractivity contribution in [2.24, 2.45) is 7.05 Å². The maximum atomic E-state index is 13.2. The molecule has 1 aliphatic rings. The fourth-order valence-corrected chi connectivity index (χ4v) is 4.99. The Kier molecular flexibility index (Phi) is 5.01. The highest BCUT2D eigenvalue weighted by Gasteiger charge is 2.34. The van der Waals surface area contributed by atoms with Gasteiger partial charge in [0.05, 0.1) is 23.2 Å². The lowest BCUT2D eigenvalue weighted by atomic mass is 10.2. The third-order valence-corrected chi connectivity index (χ3v) is 7.01. The summed E-state index contributed by atoms with van der Waals surface area (Å²) in [5.41, 5.74) is 2.35. The average Bonchev–Trinajstić information content (AvgIpc) is 3.34. The molecule has 4 rings (SSSR count). The van der Waals surface area contributed by atoms with Crippen LogP contribution in [0.15, 0.2) is 59.8 Å². The minimum absolute atomic E-state index is 0.204. The van der Waals surface area contributed by atoms with E-state index in [2.05, 4.69) is 10.4 Å². The number of amides is 1. The Morgan fingerprint density at radius 3 is 2.66 bits per heavy atom. The quantitative estimate of drug-likeness (QED) is 0.690. The maximum absolute atomic E-state index is 13.2. The van der Waals surface area contributed by atoms with E-state index in [9.17, 15) is 13.2 Å². The van der Waals surface area contributed by atoms with Crippen LogP contribution in [0.1, 0.15) is 27.8 Å². The monoisotopic (exact) mass is 413 g/mol. The summed E-state index contributed by atoms with van der Waals surface area (Å²) in [6.07, 6.45) is 3.46. The first-order chi connectivity index (χ1) is 13.9. The summed E-state index contributed by atoms with van der Waals surface area (Å²) in [5.74, 6) is -0.204. The number of rotatable bonds is 5. The molecule has 3 aromatic rings. The predicted molar refractivity (Wildman–Crippen MR) is 108 cm³/mol. The van der Waals surface area contributed by atoms with Crippen molar-refractivity contribution >= 4 is 15.9 Å². The first-order valence-electron chi connectivity index (χ1n) is 9.35. The molecule has 3 heterocycles. The summed E-state index contributed by atoms with van der Waals surface area (Å²) < 4.78 is 31.3.